The van der Waals surface area contributed by atoms with Gasteiger partial charge in [-0.25, -0.2) is 4.79 Å². The SMILES string of the molecule is CCNCCc1cc2cc(-c3[nH]c(=O)c(C(=O)O)c(O)c3CC)ccc2n1C. The van der Waals surface area contributed by atoms with Gasteiger partial charge in [0.15, 0.2) is 5.56 Å². The van der Waals surface area contributed by atoms with Crippen molar-refractivity contribution in [3.05, 3.63) is 51.4 Å². The van der Waals surface area contributed by atoms with Crippen molar-refractivity contribution < 1.29 is 15.0 Å². The van der Waals surface area contributed by atoms with Crippen molar-refractivity contribution in [2.75, 3.05) is 13.1 Å². The Bertz CT molecular complexity index is 1100. The summed E-state index contributed by atoms with van der Waals surface area (Å²) in [5, 5.41) is 23.9. The third-order valence-electron chi connectivity index (χ3n) is 5.10. The van der Waals surface area contributed by atoms with E-state index in [1.165, 1.54) is 5.69 Å². The van der Waals surface area contributed by atoms with Crippen LogP contribution >= 0.6 is 0 Å². The Balaban J connectivity index is 2.11. The minimum Gasteiger partial charge on any atom is -0.506 e. The second-order valence-corrected chi connectivity index (χ2v) is 6.76. The molecule has 148 valence electrons. The van der Waals surface area contributed by atoms with Gasteiger partial charge in [-0.2, -0.15) is 0 Å². The zero-order valence-electron chi connectivity index (χ0n) is 16.3. The Morgan fingerprint density at radius 3 is 2.64 bits per heavy atom. The van der Waals surface area contributed by atoms with Crippen molar-refractivity contribution in [2.45, 2.75) is 26.7 Å². The molecule has 0 amide bonds. The van der Waals surface area contributed by atoms with Crippen LogP contribution in [0.5, 0.6) is 5.75 Å². The summed E-state index contributed by atoms with van der Waals surface area (Å²) >= 11 is 0. The monoisotopic (exact) mass is 383 g/mol. The van der Waals surface area contributed by atoms with E-state index >= 15 is 0 Å². The van der Waals surface area contributed by atoms with Crippen molar-refractivity contribution in [3.8, 4) is 17.0 Å². The zero-order chi connectivity index (χ0) is 20.4. The van der Waals surface area contributed by atoms with E-state index in [9.17, 15) is 19.8 Å². The molecule has 2 aromatic heterocycles. The molecule has 1 aromatic carbocycles. The molecule has 0 aliphatic heterocycles. The van der Waals surface area contributed by atoms with Gasteiger partial charge in [0.2, 0.25) is 0 Å². The Hall–Kier alpha value is -3.06. The molecular formula is C21H25N3O4. The second-order valence-electron chi connectivity index (χ2n) is 6.76. The minimum absolute atomic E-state index is 0.388. The number of rotatable bonds is 7. The quantitative estimate of drug-likeness (QED) is 0.469. The molecular weight excluding hydrogens is 358 g/mol. The molecule has 4 N–H and O–H groups in total. The molecule has 28 heavy (non-hydrogen) atoms. The van der Waals surface area contributed by atoms with E-state index in [1.807, 2.05) is 32.2 Å². The molecule has 0 saturated carbocycles. The first-order chi connectivity index (χ1) is 13.4. The Morgan fingerprint density at radius 1 is 1.25 bits per heavy atom. The first-order valence-corrected chi connectivity index (χ1v) is 9.39. The first kappa shape index (κ1) is 19.7. The fourth-order valence-electron chi connectivity index (χ4n) is 3.61. The number of fused-ring (bicyclic) bond motifs is 1. The fraction of sp³-hybridized carbons (Fsp3) is 0.333. The Kier molecular flexibility index (Phi) is 5.56. The molecule has 0 atom stereocenters. The van der Waals surface area contributed by atoms with Gasteiger partial charge in [0.05, 0.1) is 5.69 Å². The largest absolute Gasteiger partial charge is 0.506 e. The van der Waals surface area contributed by atoms with Crippen molar-refractivity contribution in [2.24, 2.45) is 7.05 Å². The summed E-state index contributed by atoms with van der Waals surface area (Å²) in [5.41, 5.74) is 2.44. The van der Waals surface area contributed by atoms with Crippen LogP contribution in [-0.4, -0.2) is 38.8 Å². The number of hydrogen-bond donors (Lipinski definition) is 4. The number of aromatic hydroxyl groups is 1. The highest BCUT2D eigenvalue weighted by Crippen LogP contribution is 2.32. The molecule has 0 aliphatic carbocycles. The number of carboxylic acid groups (broad SMARTS) is 1. The van der Waals surface area contributed by atoms with Crippen molar-refractivity contribution >= 4 is 16.9 Å². The van der Waals surface area contributed by atoms with Gasteiger partial charge >= 0.3 is 5.97 Å². The fourth-order valence-corrected chi connectivity index (χ4v) is 3.61. The lowest BCUT2D eigenvalue weighted by atomic mass is 9.99. The standard InChI is InChI=1S/C21H25N3O4/c1-4-15-18(23-20(26)17(19(15)25)21(27)28)12-6-7-16-13(10-12)11-14(24(16)3)8-9-22-5-2/h6-7,10-11,22H,4-5,8-9H2,1-3H3,(H,27,28)(H2,23,25,26). The van der Waals surface area contributed by atoms with Crippen LogP contribution < -0.4 is 10.9 Å². The van der Waals surface area contributed by atoms with Gasteiger partial charge in [0.1, 0.15) is 5.75 Å². The lowest BCUT2D eigenvalue weighted by Crippen LogP contribution is -2.20. The topological polar surface area (TPSA) is 107 Å². The lowest BCUT2D eigenvalue weighted by Gasteiger charge is -2.12. The Morgan fingerprint density at radius 2 is 2.00 bits per heavy atom. The summed E-state index contributed by atoms with van der Waals surface area (Å²) in [6.45, 7) is 5.70. The van der Waals surface area contributed by atoms with Crippen LogP contribution in [0, 0.1) is 0 Å². The smallest absolute Gasteiger partial charge is 0.345 e. The number of pyridine rings is 1. The van der Waals surface area contributed by atoms with Gasteiger partial charge in [0.25, 0.3) is 5.56 Å². The van der Waals surface area contributed by atoms with Gasteiger partial charge in [-0.3, -0.25) is 4.79 Å². The number of aryl methyl sites for hydroxylation is 1. The molecule has 0 aliphatic rings. The maximum Gasteiger partial charge on any atom is 0.345 e. The van der Waals surface area contributed by atoms with Crippen molar-refractivity contribution in [1.82, 2.24) is 14.9 Å². The number of nitrogens with one attached hydrogen (secondary N) is 2. The number of aromatic amines is 1. The van der Waals surface area contributed by atoms with E-state index in [0.29, 0.717) is 17.7 Å². The summed E-state index contributed by atoms with van der Waals surface area (Å²) < 4.78 is 2.14. The summed E-state index contributed by atoms with van der Waals surface area (Å²) in [6, 6.07) is 7.92. The van der Waals surface area contributed by atoms with E-state index in [0.717, 1.165) is 36.0 Å². The first-order valence-electron chi connectivity index (χ1n) is 9.39. The highest BCUT2D eigenvalue weighted by Gasteiger charge is 2.22. The van der Waals surface area contributed by atoms with E-state index in [2.05, 4.69) is 27.9 Å². The van der Waals surface area contributed by atoms with Crippen LogP contribution in [0.1, 0.15) is 35.5 Å². The summed E-state index contributed by atoms with van der Waals surface area (Å²) in [6.07, 6.45) is 1.29. The number of carboxylic acids is 1. The van der Waals surface area contributed by atoms with Gasteiger partial charge in [0, 0.05) is 42.2 Å². The third kappa shape index (κ3) is 3.41. The number of aromatic carboxylic acids is 1. The van der Waals surface area contributed by atoms with Gasteiger partial charge in [-0.1, -0.05) is 19.9 Å². The number of H-pyrrole nitrogens is 1. The van der Waals surface area contributed by atoms with Crippen LogP contribution in [0.4, 0.5) is 0 Å². The van der Waals surface area contributed by atoms with Crippen LogP contribution in [-0.2, 0) is 19.9 Å². The van der Waals surface area contributed by atoms with Crippen LogP contribution in [0.3, 0.4) is 0 Å². The van der Waals surface area contributed by atoms with Crippen molar-refractivity contribution in [1.29, 1.82) is 0 Å². The van der Waals surface area contributed by atoms with Crippen LogP contribution in [0.25, 0.3) is 22.2 Å². The molecule has 0 spiro atoms. The average Bonchev–Trinajstić information content (AvgIpc) is 2.96. The normalized spacial score (nSPS) is 11.2. The summed E-state index contributed by atoms with van der Waals surface area (Å²) in [5.74, 6) is -1.91. The highest BCUT2D eigenvalue weighted by atomic mass is 16.4. The molecule has 0 bridgehead atoms. The molecule has 0 saturated heterocycles. The number of carbonyl (C=O) groups is 1. The highest BCUT2D eigenvalue weighted by molar-refractivity contribution is 5.92. The molecule has 3 rings (SSSR count). The third-order valence-corrected chi connectivity index (χ3v) is 5.10. The predicted octanol–water partition coefficient (Wildman–Crippen LogP) is 2.65. The number of aromatic nitrogens is 2. The summed E-state index contributed by atoms with van der Waals surface area (Å²) in [4.78, 5) is 26.1. The molecule has 0 fully saturated rings. The van der Waals surface area contributed by atoms with Gasteiger partial charge in [-0.15, -0.1) is 0 Å². The minimum atomic E-state index is -1.44. The van der Waals surface area contributed by atoms with E-state index in [-0.39, 0.29) is 0 Å². The van der Waals surface area contributed by atoms with Crippen molar-refractivity contribution in [3.63, 3.8) is 0 Å². The molecule has 0 unspecified atom stereocenters. The van der Waals surface area contributed by atoms with Crippen LogP contribution in [0.15, 0.2) is 29.1 Å². The average molecular weight is 383 g/mol. The lowest BCUT2D eigenvalue weighted by molar-refractivity contribution is 0.0691. The molecule has 2 heterocycles. The number of likely N-dealkylation sites (N-methyl/N-ethyl adjacent to an activating group) is 1. The zero-order valence-corrected chi connectivity index (χ0v) is 16.3. The molecule has 0 radical (unpaired) electrons. The van der Waals surface area contributed by atoms with E-state index in [4.69, 9.17) is 0 Å². The maximum atomic E-state index is 12.2. The van der Waals surface area contributed by atoms with Crippen LogP contribution in [0.2, 0.25) is 0 Å². The maximum absolute atomic E-state index is 12.2. The van der Waals surface area contributed by atoms with E-state index < -0.39 is 22.8 Å². The number of benzene rings is 1. The second kappa shape index (κ2) is 7.90. The molecule has 7 nitrogen and oxygen atoms in total. The molecule has 3 aromatic rings. The molecule has 7 heteroatoms. The van der Waals surface area contributed by atoms with E-state index in [1.54, 1.807) is 0 Å². The number of nitrogens with zero attached hydrogens (tertiary/aromatic N) is 1. The predicted molar refractivity (Wildman–Crippen MR) is 109 cm³/mol. The number of hydrogen-bond acceptors (Lipinski definition) is 4. The van der Waals surface area contributed by atoms with Gasteiger partial charge in [-0.05, 0) is 36.7 Å². The van der Waals surface area contributed by atoms with Gasteiger partial charge < -0.3 is 25.1 Å². The Labute approximate surface area is 162 Å². The summed E-state index contributed by atoms with van der Waals surface area (Å²) in [7, 11) is 2.02.